The summed E-state index contributed by atoms with van der Waals surface area (Å²) in [7, 11) is 5.13. The summed E-state index contributed by atoms with van der Waals surface area (Å²) in [5, 5.41) is 0.343. The van der Waals surface area contributed by atoms with Crippen LogP contribution in [-0.4, -0.2) is 69.1 Å². The number of amides is 2. The first-order valence-corrected chi connectivity index (χ1v) is 10.4. The van der Waals surface area contributed by atoms with Crippen LogP contribution in [0, 0.1) is 0 Å². The molecular formula is C23H24ClN3O4. The highest BCUT2D eigenvalue weighted by Gasteiger charge is 2.43. The van der Waals surface area contributed by atoms with Crippen LogP contribution in [0.5, 0.6) is 11.5 Å². The van der Waals surface area contributed by atoms with Crippen LogP contribution < -0.4 is 14.4 Å². The predicted molar refractivity (Wildman–Crippen MR) is 119 cm³/mol. The number of benzene rings is 2. The molecule has 0 unspecified atom stereocenters. The van der Waals surface area contributed by atoms with Gasteiger partial charge in [0, 0.05) is 26.2 Å². The molecule has 162 valence electrons. The minimum atomic E-state index is -0.403. The Labute approximate surface area is 186 Å². The number of para-hydroxylation sites is 1. The molecule has 0 atom stereocenters. The van der Waals surface area contributed by atoms with Gasteiger partial charge in [-0.05, 0) is 36.9 Å². The Morgan fingerprint density at radius 3 is 2.19 bits per heavy atom. The van der Waals surface area contributed by atoms with Crippen LogP contribution in [0.1, 0.15) is 5.56 Å². The van der Waals surface area contributed by atoms with Gasteiger partial charge >= 0.3 is 0 Å². The lowest BCUT2D eigenvalue weighted by atomic mass is 10.0. The van der Waals surface area contributed by atoms with E-state index in [0.717, 1.165) is 13.1 Å². The van der Waals surface area contributed by atoms with E-state index in [1.165, 1.54) is 12.0 Å². The Morgan fingerprint density at radius 1 is 0.871 bits per heavy atom. The topological polar surface area (TPSA) is 62.3 Å². The molecule has 2 heterocycles. The Balaban J connectivity index is 1.85. The fraction of sp³-hybridized carbons (Fsp3) is 0.304. The Kier molecular flexibility index (Phi) is 5.89. The number of nitrogens with zero attached hydrogens (tertiary/aromatic N) is 3. The molecular weight excluding hydrogens is 418 g/mol. The summed E-state index contributed by atoms with van der Waals surface area (Å²) in [6, 6.07) is 12.1. The van der Waals surface area contributed by atoms with Crippen molar-refractivity contribution in [1.29, 1.82) is 0 Å². The minimum absolute atomic E-state index is 0.343. The van der Waals surface area contributed by atoms with E-state index in [2.05, 4.69) is 4.90 Å². The molecule has 0 saturated carbocycles. The number of likely N-dealkylation sites (N-methyl/N-ethyl adjacent to an activating group) is 1. The molecule has 0 aromatic heterocycles. The molecule has 0 N–H and O–H groups in total. The van der Waals surface area contributed by atoms with E-state index in [1.807, 2.05) is 11.9 Å². The maximum atomic E-state index is 13.6. The summed E-state index contributed by atoms with van der Waals surface area (Å²) in [6.45, 7) is 2.91. The molecule has 4 rings (SSSR count). The molecule has 2 aromatic carbocycles. The van der Waals surface area contributed by atoms with Gasteiger partial charge < -0.3 is 19.3 Å². The summed E-state index contributed by atoms with van der Waals surface area (Å²) in [4.78, 5) is 32.6. The number of ether oxygens (including phenoxy) is 2. The second kappa shape index (κ2) is 8.61. The highest BCUT2D eigenvalue weighted by atomic mass is 35.5. The zero-order valence-corrected chi connectivity index (χ0v) is 18.5. The molecule has 7 nitrogen and oxygen atoms in total. The van der Waals surface area contributed by atoms with E-state index in [-0.39, 0.29) is 5.91 Å². The van der Waals surface area contributed by atoms with Crippen molar-refractivity contribution in [2.24, 2.45) is 0 Å². The molecule has 8 heteroatoms. The maximum absolute atomic E-state index is 13.6. The molecule has 2 aromatic rings. The molecule has 0 aliphatic carbocycles. The SMILES string of the molecule is COc1ccc(C2=C(N3CCN(C)CC3)C(=O)N(c3ccccc3Cl)C2=O)cc1OC. The monoisotopic (exact) mass is 441 g/mol. The van der Waals surface area contributed by atoms with Crippen LogP contribution >= 0.6 is 11.6 Å². The molecule has 0 spiro atoms. The van der Waals surface area contributed by atoms with Crippen molar-refractivity contribution < 1.29 is 19.1 Å². The van der Waals surface area contributed by atoms with Gasteiger partial charge in [0.25, 0.3) is 11.8 Å². The van der Waals surface area contributed by atoms with Crippen LogP contribution in [0.4, 0.5) is 5.69 Å². The van der Waals surface area contributed by atoms with Gasteiger partial charge in [0.1, 0.15) is 5.70 Å². The van der Waals surface area contributed by atoms with Crippen LogP contribution in [0.2, 0.25) is 5.02 Å². The number of carbonyl (C=O) groups is 2. The van der Waals surface area contributed by atoms with Crippen molar-refractivity contribution in [1.82, 2.24) is 9.80 Å². The third-order valence-electron chi connectivity index (χ3n) is 5.64. The van der Waals surface area contributed by atoms with Gasteiger partial charge in [-0.2, -0.15) is 0 Å². The molecule has 1 saturated heterocycles. The standard InChI is InChI=1S/C23H24ClN3O4/c1-25-10-12-26(13-11-25)21-20(15-8-9-18(30-2)19(14-15)31-3)22(28)27(23(21)29)17-7-5-4-6-16(17)24/h4-9,14H,10-13H2,1-3H3. The third-order valence-corrected chi connectivity index (χ3v) is 5.96. The zero-order valence-electron chi connectivity index (χ0n) is 17.7. The van der Waals surface area contributed by atoms with Gasteiger partial charge in [-0.15, -0.1) is 0 Å². The molecule has 31 heavy (non-hydrogen) atoms. The molecule has 0 bridgehead atoms. The minimum Gasteiger partial charge on any atom is -0.493 e. The van der Waals surface area contributed by atoms with Crippen molar-refractivity contribution in [2.45, 2.75) is 0 Å². The number of piperazine rings is 1. The van der Waals surface area contributed by atoms with Crippen molar-refractivity contribution in [2.75, 3.05) is 52.3 Å². The average Bonchev–Trinajstić information content (AvgIpc) is 3.04. The fourth-order valence-corrected chi connectivity index (χ4v) is 4.17. The predicted octanol–water partition coefficient (Wildman–Crippen LogP) is 2.89. The Bertz CT molecular complexity index is 1060. The largest absolute Gasteiger partial charge is 0.493 e. The highest BCUT2D eigenvalue weighted by Crippen LogP contribution is 2.39. The molecule has 2 amide bonds. The summed E-state index contributed by atoms with van der Waals surface area (Å²) in [5.41, 5.74) is 1.71. The second-order valence-corrected chi connectivity index (χ2v) is 7.89. The van der Waals surface area contributed by atoms with Crippen molar-refractivity contribution in [3.8, 4) is 11.5 Å². The normalized spacial score (nSPS) is 17.5. The lowest BCUT2D eigenvalue weighted by Crippen LogP contribution is -2.46. The first-order chi connectivity index (χ1) is 15.0. The van der Waals surface area contributed by atoms with Crippen LogP contribution in [0.25, 0.3) is 5.57 Å². The molecule has 1 fully saturated rings. The summed E-state index contributed by atoms with van der Waals surface area (Å²) < 4.78 is 10.8. The zero-order chi connectivity index (χ0) is 22.1. The van der Waals surface area contributed by atoms with Crippen LogP contribution in [0.15, 0.2) is 48.2 Å². The van der Waals surface area contributed by atoms with Gasteiger partial charge in [-0.3, -0.25) is 9.59 Å². The third kappa shape index (κ3) is 3.75. The molecule has 2 aliphatic heterocycles. The average molecular weight is 442 g/mol. The smallest absolute Gasteiger partial charge is 0.282 e. The summed E-state index contributed by atoms with van der Waals surface area (Å²) in [6.07, 6.45) is 0. The number of anilines is 1. The van der Waals surface area contributed by atoms with E-state index in [1.54, 1.807) is 49.6 Å². The van der Waals surface area contributed by atoms with Crippen molar-refractivity contribution in [3.05, 3.63) is 58.7 Å². The second-order valence-electron chi connectivity index (χ2n) is 7.48. The van der Waals surface area contributed by atoms with Gasteiger partial charge in [0.05, 0.1) is 30.5 Å². The number of rotatable bonds is 5. The van der Waals surface area contributed by atoms with Crippen LogP contribution in [-0.2, 0) is 9.59 Å². The van der Waals surface area contributed by atoms with Gasteiger partial charge in [-0.25, -0.2) is 4.90 Å². The van der Waals surface area contributed by atoms with Gasteiger partial charge in [0.2, 0.25) is 0 Å². The first kappa shape index (κ1) is 21.2. The molecule has 2 aliphatic rings. The van der Waals surface area contributed by atoms with E-state index < -0.39 is 5.91 Å². The van der Waals surface area contributed by atoms with Crippen LogP contribution in [0.3, 0.4) is 0 Å². The van der Waals surface area contributed by atoms with E-state index in [9.17, 15) is 9.59 Å². The van der Waals surface area contributed by atoms with E-state index in [0.29, 0.717) is 52.1 Å². The fourth-order valence-electron chi connectivity index (χ4n) is 3.95. The Hall–Kier alpha value is -3.03. The number of carbonyl (C=O) groups excluding carboxylic acids is 2. The number of hydrogen-bond donors (Lipinski definition) is 0. The van der Waals surface area contributed by atoms with Gasteiger partial charge in [0.15, 0.2) is 11.5 Å². The summed E-state index contributed by atoms with van der Waals surface area (Å²) >= 11 is 6.35. The maximum Gasteiger partial charge on any atom is 0.282 e. The number of methoxy groups -OCH3 is 2. The first-order valence-electron chi connectivity index (χ1n) is 9.99. The van der Waals surface area contributed by atoms with Crippen molar-refractivity contribution in [3.63, 3.8) is 0 Å². The summed E-state index contributed by atoms with van der Waals surface area (Å²) in [5.74, 6) is 0.265. The lowest BCUT2D eigenvalue weighted by molar-refractivity contribution is -0.120. The highest BCUT2D eigenvalue weighted by molar-refractivity contribution is 6.47. The quantitative estimate of drug-likeness (QED) is 0.665. The number of imide groups is 1. The van der Waals surface area contributed by atoms with E-state index in [4.69, 9.17) is 21.1 Å². The van der Waals surface area contributed by atoms with E-state index >= 15 is 0 Å². The lowest BCUT2D eigenvalue weighted by Gasteiger charge is -2.34. The molecule has 0 radical (unpaired) electrons. The van der Waals surface area contributed by atoms with Crippen molar-refractivity contribution >= 4 is 34.7 Å². The number of halogens is 1. The Morgan fingerprint density at radius 2 is 1.55 bits per heavy atom. The van der Waals surface area contributed by atoms with Gasteiger partial charge in [-0.1, -0.05) is 29.8 Å². The number of hydrogen-bond acceptors (Lipinski definition) is 6.